The van der Waals surface area contributed by atoms with Gasteiger partial charge in [0.25, 0.3) is 11.5 Å². The van der Waals surface area contributed by atoms with Gasteiger partial charge in [0.1, 0.15) is 11.9 Å². The number of anilines is 1. The average Bonchev–Trinajstić information content (AvgIpc) is 3.31. The van der Waals surface area contributed by atoms with Gasteiger partial charge in [-0.3, -0.25) is 19.5 Å². The second kappa shape index (κ2) is 8.47. The van der Waals surface area contributed by atoms with Crippen molar-refractivity contribution >= 4 is 45.6 Å². The molecule has 4 aromatic rings. The maximum atomic E-state index is 12.9. The minimum Gasteiger partial charge on any atom is -0.454 e. The van der Waals surface area contributed by atoms with E-state index in [0.29, 0.717) is 29.4 Å². The predicted molar refractivity (Wildman–Crippen MR) is 124 cm³/mol. The molecule has 0 saturated carbocycles. The van der Waals surface area contributed by atoms with E-state index in [2.05, 4.69) is 15.1 Å². The van der Waals surface area contributed by atoms with Crippen LogP contribution in [0.15, 0.2) is 57.7 Å². The Balaban J connectivity index is 1.43. The van der Waals surface area contributed by atoms with Gasteiger partial charge in [-0.15, -0.1) is 11.3 Å². The Morgan fingerprint density at radius 2 is 1.88 bits per heavy atom. The van der Waals surface area contributed by atoms with Crippen molar-refractivity contribution in [2.75, 3.05) is 11.4 Å². The normalized spacial score (nSPS) is 13.2. The molecule has 12 heteroatoms. The van der Waals surface area contributed by atoms with Crippen molar-refractivity contribution in [3.63, 3.8) is 0 Å². The van der Waals surface area contributed by atoms with E-state index in [-0.39, 0.29) is 27.4 Å². The van der Waals surface area contributed by atoms with Crippen LogP contribution in [0.4, 0.5) is 5.13 Å². The number of carbonyl (C=O) groups is 1. The van der Waals surface area contributed by atoms with Crippen molar-refractivity contribution in [1.82, 2.24) is 19.7 Å². The molecule has 2 aromatic heterocycles. The SMILES string of the molecule is O=C1c2ccc(Oc3c(Cl)cc(-n4ncc(=O)[nH]c4=O)cc3Cl)cc2CCN1c1nccs1. The number of carbonyl (C=O) groups excluding carboxylic acids is 1. The lowest BCUT2D eigenvalue weighted by molar-refractivity contribution is 0.0980. The summed E-state index contributed by atoms with van der Waals surface area (Å²) in [7, 11) is 0. The Morgan fingerprint density at radius 3 is 2.58 bits per heavy atom. The molecule has 2 aromatic carbocycles. The first-order chi connectivity index (χ1) is 15.9. The zero-order chi connectivity index (χ0) is 23.1. The summed E-state index contributed by atoms with van der Waals surface area (Å²) in [6.07, 6.45) is 3.28. The largest absolute Gasteiger partial charge is 0.454 e. The molecule has 1 N–H and O–H groups in total. The zero-order valence-electron chi connectivity index (χ0n) is 16.6. The molecule has 0 unspecified atom stereocenters. The van der Waals surface area contributed by atoms with Crippen LogP contribution in [-0.4, -0.2) is 32.2 Å². The molecule has 1 amide bonds. The van der Waals surface area contributed by atoms with Crippen LogP contribution >= 0.6 is 34.5 Å². The number of nitrogens with zero attached hydrogens (tertiary/aromatic N) is 4. The van der Waals surface area contributed by atoms with Crippen molar-refractivity contribution in [1.29, 1.82) is 0 Å². The number of rotatable bonds is 4. The lowest BCUT2D eigenvalue weighted by Crippen LogP contribution is -2.37. The number of thiazole rings is 1. The van der Waals surface area contributed by atoms with E-state index < -0.39 is 11.2 Å². The average molecular weight is 502 g/mol. The number of aromatic amines is 1. The lowest BCUT2D eigenvalue weighted by atomic mass is 9.99. The molecule has 5 rings (SSSR count). The van der Waals surface area contributed by atoms with Gasteiger partial charge in [-0.1, -0.05) is 23.2 Å². The third kappa shape index (κ3) is 4.04. The van der Waals surface area contributed by atoms with Crippen LogP contribution in [0.1, 0.15) is 15.9 Å². The van der Waals surface area contributed by atoms with Gasteiger partial charge >= 0.3 is 5.69 Å². The number of fused-ring (bicyclic) bond motifs is 1. The van der Waals surface area contributed by atoms with E-state index in [1.165, 1.54) is 23.5 Å². The minimum atomic E-state index is -0.727. The number of hydrogen-bond acceptors (Lipinski definition) is 7. The van der Waals surface area contributed by atoms with E-state index >= 15 is 0 Å². The first kappa shape index (κ1) is 21.4. The number of aromatic nitrogens is 4. The Kier molecular flexibility index (Phi) is 5.49. The fourth-order valence-corrected chi connectivity index (χ4v) is 4.70. The summed E-state index contributed by atoms with van der Waals surface area (Å²) < 4.78 is 6.88. The third-order valence-corrected chi connectivity index (χ3v) is 6.32. The zero-order valence-corrected chi connectivity index (χ0v) is 18.9. The lowest BCUT2D eigenvalue weighted by Gasteiger charge is -2.26. The topological polar surface area (TPSA) is 110 Å². The Morgan fingerprint density at radius 1 is 1.09 bits per heavy atom. The van der Waals surface area contributed by atoms with Gasteiger partial charge in [0.05, 0.1) is 15.7 Å². The molecular formula is C21H13Cl2N5O4S. The minimum absolute atomic E-state index is 0.114. The van der Waals surface area contributed by atoms with E-state index in [0.717, 1.165) is 16.4 Å². The van der Waals surface area contributed by atoms with Crippen molar-refractivity contribution in [3.05, 3.63) is 90.1 Å². The number of H-pyrrole nitrogens is 1. The second-order valence-corrected chi connectivity index (χ2v) is 8.72. The number of benzene rings is 2. The van der Waals surface area contributed by atoms with Gasteiger partial charge < -0.3 is 4.74 Å². The molecule has 0 radical (unpaired) electrons. The summed E-state index contributed by atoms with van der Waals surface area (Å²) in [5, 5.41) is 6.56. The van der Waals surface area contributed by atoms with Crippen molar-refractivity contribution in [2.24, 2.45) is 0 Å². The fourth-order valence-electron chi connectivity index (χ4n) is 3.48. The smallest absolute Gasteiger partial charge is 0.349 e. The van der Waals surface area contributed by atoms with Gasteiger partial charge in [0.2, 0.25) is 0 Å². The maximum Gasteiger partial charge on any atom is 0.349 e. The van der Waals surface area contributed by atoms with Gasteiger partial charge in [-0.05, 0) is 42.3 Å². The summed E-state index contributed by atoms with van der Waals surface area (Å²) in [5.41, 5.74) is 0.346. The number of ether oxygens (including phenoxy) is 1. The summed E-state index contributed by atoms with van der Waals surface area (Å²) in [5.74, 6) is 0.531. The maximum absolute atomic E-state index is 12.9. The van der Waals surface area contributed by atoms with Gasteiger partial charge in [0, 0.05) is 23.7 Å². The summed E-state index contributed by atoms with van der Waals surface area (Å²) in [4.78, 5) is 44.1. The molecule has 33 heavy (non-hydrogen) atoms. The molecule has 0 saturated heterocycles. The van der Waals surface area contributed by atoms with Crippen LogP contribution in [0.5, 0.6) is 11.5 Å². The third-order valence-electron chi connectivity index (χ3n) is 4.97. The molecule has 0 aliphatic carbocycles. The monoisotopic (exact) mass is 501 g/mol. The van der Waals surface area contributed by atoms with Crippen LogP contribution in [0.25, 0.3) is 5.69 Å². The highest BCUT2D eigenvalue weighted by Crippen LogP contribution is 2.39. The molecule has 1 aliphatic heterocycles. The van der Waals surface area contributed by atoms with Crippen LogP contribution in [0.2, 0.25) is 10.0 Å². The highest BCUT2D eigenvalue weighted by atomic mass is 35.5. The highest BCUT2D eigenvalue weighted by Gasteiger charge is 2.27. The Labute approximate surface area is 199 Å². The Bertz CT molecular complexity index is 1480. The van der Waals surface area contributed by atoms with Crippen LogP contribution in [-0.2, 0) is 6.42 Å². The van der Waals surface area contributed by atoms with Gasteiger partial charge in [-0.25, -0.2) is 9.78 Å². The fraction of sp³-hybridized carbons (Fsp3) is 0.0952. The van der Waals surface area contributed by atoms with Crippen LogP contribution in [0.3, 0.4) is 0 Å². The van der Waals surface area contributed by atoms with E-state index in [1.54, 1.807) is 29.3 Å². The van der Waals surface area contributed by atoms with Gasteiger partial charge in [-0.2, -0.15) is 9.78 Å². The molecule has 0 atom stereocenters. The van der Waals surface area contributed by atoms with E-state index in [9.17, 15) is 14.4 Å². The summed E-state index contributed by atoms with van der Waals surface area (Å²) in [6, 6.07) is 8.04. The van der Waals surface area contributed by atoms with Crippen molar-refractivity contribution in [3.8, 4) is 17.2 Å². The number of nitrogens with one attached hydrogen (secondary N) is 1. The second-order valence-electron chi connectivity index (χ2n) is 7.03. The molecule has 166 valence electrons. The summed E-state index contributed by atoms with van der Waals surface area (Å²) in [6.45, 7) is 0.514. The van der Waals surface area contributed by atoms with Crippen LogP contribution < -0.4 is 20.9 Å². The predicted octanol–water partition coefficient (Wildman–Crippen LogP) is 3.68. The number of halogens is 2. The van der Waals surface area contributed by atoms with Gasteiger partial charge in [0.15, 0.2) is 10.9 Å². The molecule has 9 nitrogen and oxygen atoms in total. The standard InChI is InChI=1S/C21H13Cl2N5O4S/c22-15-8-12(28-20(31)26-17(29)10-25-28)9-16(23)18(15)32-13-1-2-14-11(7-13)3-5-27(19(14)30)21-24-4-6-33-21/h1-2,4,6-10H,3,5H2,(H,26,29,31). The first-order valence-electron chi connectivity index (χ1n) is 9.61. The quantitative estimate of drug-likeness (QED) is 0.456. The molecule has 0 spiro atoms. The van der Waals surface area contributed by atoms with E-state index in [4.69, 9.17) is 27.9 Å². The van der Waals surface area contributed by atoms with Crippen molar-refractivity contribution < 1.29 is 9.53 Å². The summed E-state index contributed by atoms with van der Waals surface area (Å²) >= 11 is 14.2. The highest BCUT2D eigenvalue weighted by molar-refractivity contribution is 7.13. The molecule has 3 heterocycles. The molecule has 0 fully saturated rings. The number of amides is 1. The van der Waals surface area contributed by atoms with Crippen LogP contribution in [0, 0.1) is 0 Å². The van der Waals surface area contributed by atoms with Crippen molar-refractivity contribution in [2.45, 2.75) is 6.42 Å². The number of hydrogen-bond donors (Lipinski definition) is 1. The van der Waals surface area contributed by atoms with E-state index in [1.807, 2.05) is 5.38 Å². The molecule has 0 bridgehead atoms. The first-order valence-corrected chi connectivity index (χ1v) is 11.2. The Hall–Kier alpha value is -3.47. The molecule has 1 aliphatic rings. The molecular weight excluding hydrogens is 489 g/mol.